The average Bonchev–Trinajstić information content (AvgIpc) is 2.46. The van der Waals surface area contributed by atoms with E-state index >= 15 is 0 Å². The lowest BCUT2D eigenvalue weighted by atomic mass is 9.72. The zero-order valence-corrected chi connectivity index (χ0v) is 20.4. The summed E-state index contributed by atoms with van der Waals surface area (Å²) in [6, 6.07) is 0. The van der Waals surface area contributed by atoms with E-state index in [2.05, 4.69) is 67.6 Å². The van der Waals surface area contributed by atoms with Gasteiger partial charge < -0.3 is 10.1 Å². The minimum atomic E-state index is -0.185. The van der Waals surface area contributed by atoms with Crippen LogP contribution in [0.3, 0.4) is 0 Å². The average molecular weight is 374 g/mol. The van der Waals surface area contributed by atoms with E-state index in [1.807, 2.05) is 27.8 Å². The van der Waals surface area contributed by atoms with E-state index in [4.69, 9.17) is 4.74 Å². The highest BCUT2D eigenvalue weighted by Crippen LogP contribution is 2.34. The van der Waals surface area contributed by atoms with Crippen LogP contribution in [0.2, 0.25) is 0 Å². The first-order chi connectivity index (χ1) is 11.7. The van der Waals surface area contributed by atoms with E-state index in [1.54, 1.807) is 0 Å². The highest BCUT2D eigenvalue weighted by atomic mass is 16.5. The van der Waals surface area contributed by atoms with E-state index in [-0.39, 0.29) is 16.4 Å². The number of carbonyl (C=O) groups is 1. The Labute approximate surface area is 166 Å². The highest BCUT2D eigenvalue weighted by molar-refractivity contribution is 5.83. The Hall–Kier alpha value is -0.410. The first kappa shape index (κ1) is 30.3. The quantitative estimate of drug-likeness (QED) is 0.501. The van der Waals surface area contributed by atoms with Gasteiger partial charge in [0.2, 0.25) is 0 Å². The number of Topliss-reactive ketones (excluding diaryl/α,β-unsaturated/α-hetero) is 1. The molecule has 0 radical (unpaired) electrons. The van der Waals surface area contributed by atoms with Gasteiger partial charge in [0.1, 0.15) is 5.78 Å². The van der Waals surface area contributed by atoms with Crippen molar-refractivity contribution in [3.05, 3.63) is 0 Å². The van der Waals surface area contributed by atoms with Crippen LogP contribution in [0.5, 0.6) is 0 Å². The van der Waals surface area contributed by atoms with E-state index in [0.717, 1.165) is 31.9 Å². The van der Waals surface area contributed by atoms with Crippen molar-refractivity contribution in [1.29, 1.82) is 0 Å². The second kappa shape index (κ2) is 14.6. The number of hydrogen-bond acceptors (Lipinski definition) is 3. The molecule has 0 unspecified atom stereocenters. The molecule has 0 aliphatic heterocycles. The molecule has 26 heavy (non-hydrogen) atoms. The predicted molar refractivity (Wildman–Crippen MR) is 118 cm³/mol. The molecule has 0 saturated heterocycles. The van der Waals surface area contributed by atoms with Crippen LogP contribution in [0.4, 0.5) is 0 Å². The van der Waals surface area contributed by atoms with Crippen LogP contribution in [-0.4, -0.2) is 31.6 Å². The van der Waals surface area contributed by atoms with Gasteiger partial charge in [-0.05, 0) is 58.5 Å². The molecule has 0 aromatic heterocycles. The Morgan fingerprint density at radius 1 is 1.00 bits per heavy atom. The van der Waals surface area contributed by atoms with E-state index < -0.39 is 0 Å². The Morgan fingerprint density at radius 2 is 1.46 bits per heavy atom. The number of hydrogen-bond donors (Lipinski definition) is 1. The van der Waals surface area contributed by atoms with Gasteiger partial charge in [0, 0.05) is 18.4 Å². The maximum Gasteiger partial charge on any atom is 0.138 e. The van der Waals surface area contributed by atoms with Gasteiger partial charge in [-0.15, -0.1) is 0 Å². The molecule has 0 aromatic rings. The molecule has 0 aliphatic rings. The van der Waals surface area contributed by atoms with Crippen LogP contribution in [-0.2, 0) is 9.53 Å². The Bertz CT molecular complexity index is 339. The zero-order chi connectivity index (χ0) is 21.6. The topological polar surface area (TPSA) is 38.3 Å². The van der Waals surface area contributed by atoms with Gasteiger partial charge in [0.05, 0.1) is 5.60 Å². The molecule has 1 N–H and O–H groups in total. The van der Waals surface area contributed by atoms with Crippen LogP contribution in [0.25, 0.3) is 0 Å². The van der Waals surface area contributed by atoms with Crippen molar-refractivity contribution in [2.45, 2.75) is 108 Å². The fraction of sp³-hybridized carbons (Fsp3) is 0.957. The third-order valence-corrected chi connectivity index (χ3v) is 3.88. The first-order valence-corrected chi connectivity index (χ1v) is 10.5. The third kappa shape index (κ3) is 19.9. The largest absolute Gasteiger partial charge is 0.376 e. The maximum absolute atomic E-state index is 11.7. The fourth-order valence-corrected chi connectivity index (χ4v) is 2.92. The number of ketones is 1. The van der Waals surface area contributed by atoms with Gasteiger partial charge in [-0.1, -0.05) is 62.3 Å². The van der Waals surface area contributed by atoms with Crippen molar-refractivity contribution in [3.63, 3.8) is 0 Å². The molecule has 0 bridgehead atoms. The summed E-state index contributed by atoms with van der Waals surface area (Å²) in [5.41, 5.74) is 0.0348. The molecule has 0 aliphatic carbocycles. The third-order valence-electron chi connectivity index (χ3n) is 3.88. The van der Waals surface area contributed by atoms with Gasteiger partial charge in [-0.3, -0.25) is 4.79 Å². The summed E-state index contributed by atoms with van der Waals surface area (Å²) < 4.78 is 5.54. The summed E-state index contributed by atoms with van der Waals surface area (Å²) >= 11 is 0. The zero-order valence-electron chi connectivity index (χ0n) is 20.4. The molecule has 0 spiro atoms. The van der Waals surface area contributed by atoms with E-state index in [9.17, 15) is 4.79 Å². The van der Waals surface area contributed by atoms with Crippen molar-refractivity contribution in [1.82, 2.24) is 5.32 Å². The first-order valence-electron chi connectivity index (χ1n) is 10.5. The van der Waals surface area contributed by atoms with Gasteiger partial charge in [0.25, 0.3) is 0 Å². The van der Waals surface area contributed by atoms with E-state index in [0.29, 0.717) is 12.2 Å². The molecule has 0 aromatic carbocycles. The van der Waals surface area contributed by atoms with Crippen molar-refractivity contribution >= 4 is 5.78 Å². The highest BCUT2D eigenvalue weighted by Gasteiger charge is 2.32. The van der Waals surface area contributed by atoms with Crippen LogP contribution in [0.1, 0.15) is 102 Å². The molecule has 0 fully saturated rings. The second-order valence-corrected chi connectivity index (χ2v) is 9.68. The molecule has 0 saturated carbocycles. The van der Waals surface area contributed by atoms with Gasteiger partial charge >= 0.3 is 0 Å². The van der Waals surface area contributed by atoms with Gasteiger partial charge in [0.15, 0.2) is 0 Å². The lowest BCUT2D eigenvalue weighted by molar-refractivity contribution is -0.128. The molecule has 160 valence electrons. The molecule has 3 nitrogen and oxygen atoms in total. The van der Waals surface area contributed by atoms with Crippen molar-refractivity contribution < 1.29 is 9.53 Å². The van der Waals surface area contributed by atoms with Crippen LogP contribution in [0.15, 0.2) is 0 Å². The summed E-state index contributed by atoms with van der Waals surface area (Å²) in [6.45, 7) is 27.0. The van der Waals surface area contributed by atoms with Gasteiger partial charge in [-0.2, -0.15) is 0 Å². The summed E-state index contributed by atoms with van der Waals surface area (Å²) in [4.78, 5) is 11.7. The summed E-state index contributed by atoms with van der Waals surface area (Å²) in [5, 5.41) is 3.18. The Balaban J connectivity index is -0.000000388. The SMILES string of the molecule is CC.CC(C)CCOC(C)(C)C.CCC(=O)C(C)(C)CC(C)(C)CNC. The Kier molecular flexibility index (Phi) is 17.1. The standard InChI is InChI=1S/C12H25NO.C9H20O.C2H6/c1-7-10(14)12(4,5)8-11(2,3)9-13-6;1-8(2)6-7-10-9(3,4)5;1-2/h13H,7-9H2,1-6H3;8H,6-7H2,1-5H3;1-2H3. The molecule has 0 amide bonds. The number of ether oxygens (including phenoxy) is 1. The van der Waals surface area contributed by atoms with Crippen LogP contribution >= 0.6 is 0 Å². The number of rotatable bonds is 9. The molecule has 0 heterocycles. The molecule has 3 heteroatoms. The predicted octanol–water partition coefficient (Wildman–Crippen LogP) is 6.50. The molecular weight excluding hydrogens is 322 g/mol. The lowest BCUT2D eigenvalue weighted by Crippen LogP contribution is -2.35. The van der Waals surface area contributed by atoms with Crippen molar-refractivity contribution in [2.24, 2.45) is 16.7 Å². The number of carbonyl (C=O) groups excluding carboxylic acids is 1. The van der Waals surface area contributed by atoms with Crippen LogP contribution < -0.4 is 5.32 Å². The smallest absolute Gasteiger partial charge is 0.138 e. The number of nitrogens with one attached hydrogen (secondary N) is 1. The molecule has 0 rings (SSSR count). The minimum Gasteiger partial charge on any atom is -0.376 e. The summed E-state index contributed by atoms with van der Waals surface area (Å²) in [5.74, 6) is 1.11. The summed E-state index contributed by atoms with van der Waals surface area (Å²) in [7, 11) is 1.95. The maximum atomic E-state index is 11.7. The molecule has 0 atom stereocenters. The van der Waals surface area contributed by atoms with Crippen LogP contribution in [0, 0.1) is 16.7 Å². The minimum absolute atomic E-state index is 0.0366. The fourth-order valence-electron chi connectivity index (χ4n) is 2.92. The second-order valence-electron chi connectivity index (χ2n) is 9.68. The van der Waals surface area contributed by atoms with Gasteiger partial charge in [-0.25, -0.2) is 0 Å². The lowest BCUT2D eigenvalue weighted by Gasteiger charge is -2.33. The summed E-state index contributed by atoms with van der Waals surface area (Å²) in [6.07, 6.45) is 2.74. The van der Waals surface area contributed by atoms with E-state index in [1.165, 1.54) is 0 Å². The molecular formula is C23H51NO2. The monoisotopic (exact) mass is 373 g/mol. The van der Waals surface area contributed by atoms with Crippen molar-refractivity contribution in [2.75, 3.05) is 20.2 Å². The normalized spacial score (nSPS) is 12.1. The Morgan fingerprint density at radius 3 is 1.77 bits per heavy atom. The van der Waals surface area contributed by atoms with Crippen molar-refractivity contribution in [3.8, 4) is 0 Å².